The second-order valence-corrected chi connectivity index (χ2v) is 21.7. The van der Waals surface area contributed by atoms with E-state index in [9.17, 15) is 0 Å². The minimum Gasteiger partial charge on any atom is -0.501 e. The van der Waals surface area contributed by atoms with Crippen LogP contribution in [0.4, 0.5) is 0 Å². The van der Waals surface area contributed by atoms with Crippen LogP contribution in [0.15, 0.2) is 294 Å². The predicted octanol–water partition coefficient (Wildman–Crippen LogP) is 21.0. The molecular formula is C87H77Ir2N6O4-2. The van der Waals surface area contributed by atoms with Crippen LogP contribution in [-0.2, 0) is 40.2 Å². The van der Waals surface area contributed by atoms with Crippen molar-refractivity contribution in [3.8, 4) is 67.5 Å². The van der Waals surface area contributed by atoms with Crippen LogP contribution in [0.1, 0.15) is 41.3 Å². The molecule has 16 aromatic rings. The maximum atomic E-state index is 7.00. The molecule has 2 N–H and O–H groups in total. The van der Waals surface area contributed by atoms with Crippen LogP contribution in [0.25, 0.3) is 111 Å². The van der Waals surface area contributed by atoms with E-state index >= 15 is 0 Å². The summed E-state index contributed by atoms with van der Waals surface area (Å²) in [5.74, 6) is 0. The molecule has 0 bridgehead atoms. The minimum atomic E-state index is 0. The van der Waals surface area contributed by atoms with Crippen LogP contribution in [0, 0.1) is 71.9 Å². The Labute approximate surface area is 609 Å². The van der Waals surface area contributed by atoms with Crippen molar-refractivity contribution < 1.29 is 59.3 Å². The molecule has 8 aromatic carbocycles. The molecule has 0 aliphatic rings. The van der Waals surface area contributed by atoms with Gasteiger partial charge in [-0.15, -0.1) is 162 Å². The van der Waals surface area contributed by atoms with Crippen LogP contribution in [0.5, 0.6) is 0 Å². The largest absolute Gasteiger partial charge is 3.00 e. The van der Waals surface area contributed by atoms with Gasteiger partial charge >= 0.3 is 20.1 Å². The Hall–Kier alpha value is -10.5. The molecule has 0 saturated heterocycles. The Bertz CT molecular complexity index is 4550. The number of rotatable bonds is 6. The summed E-state index contributed by atoms with van der Waals surface area (Å²) in [5, 5.41) is 18.5. The summed E-state index contributed by atoms with van der Waals surface area (Å²) in [6.07, 6.45) is 3.66. The molecule has 8 heterocycles. The molecule has 499 valence electrons. The Morgan fingerprint density at radius 3 is 1.01 bits per heavy atom. The molecule has 0 aliphatic heterocycles. The van der Waals surface area contributed by atoms with E-state index in [-0.39, 0.29) is 47.6 Å². The van der Waals surface area contributed by atoms with Gasteiger partial charge in [-0.3, -0.25) is 4.98 Å². The van der Waals surface area contributed by atoms with E-state index < -0.39 is 0 Å². The van der Waals surface area contributed by atoms with Gasteiger partial charge in [-0.2, -0.15) is 0 Å². The number of hydrogen-bond donors (Lipinski definition) is 2. The number of hydrogen-bond acceptors (Lipinski definition) is 10. The van der Waals surface area contributed by atoms with Gasteiger partial charge in [0.2, 0.25) is 0 Å². The van der Waals surface area contributed by atoms with Crippen molar-refractivity contribution in [1.29, 1.82) is 0 Å². The number of aromatic nitrogens is 6. The van der Waals surface area contributed by atoms with Crippen LogP contribution < -0.4 is 0 Å². The molecule has 0 spiro atoms. The smallest absolute Gasteiger partial charge is 0.501 e. The molecule has 0 unspecified atom stereocenters. The first-order valence-corrected chi connectivity index (χ1v) is 31.2. The average molecular weight is 1660 g/mol. The molecule has 0 saturated carbocycles. The van der Waals surface area contributed by atoms with E-state index in [1.165, 1.54) is 11.1 Å². The van der Waals surface area contributed by atoms with Gasteiger partial charge in [0, 0.05) is 91.2 Å². The first-order chi connectivity index (χ1) is 47.1. The molecule has 10 nitrogen and oxygen atoms in total. The standard InChI is InChI=1S/C18H13NO.C18H12NO.4C12H10N.2CH4O.CH4.2Ir/c2*1-12-9-10-19-16(11-12)15-7-4-6-14-13-5-2-3-8-17(13)20-18(14)15;4*1-10-6-5-9-12(13-10)11-7-3-2-4-8-11;2*1-2;;;/h2-11H,1H3;2-6,8-11H,1H3;4*2-7,9H,1H3;2*2H,1H3;1H4;;/q;5*-1;;;;;+3. The zero-order chi connectivity index (χ0) is 67.4. The SMILES string of the molecule is C.CO.CO.Cc1cccc(-c2[c-]cccc2)n1.Cc1cccc(-c2[c-]cccc2)n1.Cc1cccc(-c2[c-]cccc2)n1.Cc1cccc(-c2[c-]cccc2)n1.Cc1ccnc(-c2[c-]ccc3c2oc2ccccc23)c1.Cc1ccnc(-c2cccc3c2oc2ccccc23)c1.[Ir+3].[Ir]. The number of fused-ring (bicyclic) bond motifs is 6. The van der Waals surface area contributed by atoms with Crippen molar-refractivity contribution in [3.63, 3.8) is 0 Å². The second-order valence-electron chi connectivity index (χ2n) is 21.7. The molecule has 1 radical (unpaired) electrons. The average Bonchev–Trinajstić information content (AvgIpc) is 1.63. The third-order valence-electron chi connectivity index (χ3n) is 14.6. The fraction of sp³-hybridized carbons (Fsp3) is 0.103. The van der Waals surface area contributed by atoms with Crippen molar-refractivity contribution in [3.05, 3.63) is 350 Å². The molecule has 12 heteroatoms. The van der Waals surface area contributed by atoms with E-state index in [1.807, 2.05) is 271 Å². The molecular weight excluding hydrogens is 1580 g/mol. The Morgan fingerprint density at radius 1 is 0.303 bits per heavy atom. The summed E-state index contributed by atoms with van der Waals surface area (Å²) in [6, 6.07) is 106. The zero-order valence-corrected chi connectivity index (χ0v) is 60.5. The quantitative estimate of drug-likeness (QED) is 0.154. The predicted molar refractivity (Wildman–Crippen MR) is 398 cm³/mol. The van der Waals surface area contributed by atoms with Gasteiger partial charge in [0.25, 0.3) is 0 Å². The van der Waals surface area contributed by atoms with Gasteiger partial charge in [-0.1, -0.05) is 127 Å². The van der Waals surface area contributed by atoms with Crippen LogP contribution in [-0.4, -0.2) is 54.3 Å². The molecule has 0 amide bonds. The fourth-order valence-electron chi connectivity index (χ4n) is 10.2. The first kappa shape index (κ1) is 77.5. The third-order valence-corrected chi connectivity index (χ3v) is 14.6. The topological polar surface area (TPSA) is 144 Å². The summed E-state index contributed by atoms with van der Waals surface area (Å²) >= 11 is 0. The number of benzene rings is 8. The van der Waals surface area contributed by atoms with Crippen LogP contribution in [0.2, 0.25) is 0 Å². The summed E-state index contributed by atoms with van der Waals surface area (Å²) < 4.78 is 12.0. The maximum absolute atomic E-state index is 7.00. The Balaban J connectivity index is 0.000000186. The van der Waals surface area contributed by atoms with E-state index in [1.54, 1.807) is 0 Å². The van der Waals surface area contributed by atoms with Crippen molar-refractivity contribution in [1.82, 2.24) is 29.9 Å². The molecule has 0 aliphatic carbocycles. The summed E-state index contributed by atoms with van der Waals surface area (Å²) in [5.41, 5.74) is 22.1. The molecule has 8 aromatic heterocycles. The second kappa shape index (κ2) is 40.3. The van der Waals surface area contributed by atoms with E-state index in [0.29, 0.717) is 0 Å². The van der Waals surface area contributed by atoms with Gasteiger partial charge in [0.1, 0.15) is 16.7 Å². The number of aliphatic hydroxyl groups is 2. The summed E-state index contributed by atoms with van der Waals surface area (Å²) in [4.78, 5) is 26.6. The maximum Gasteiger partial charge on any atom is 3.00 e. The molecule has 0 atom stereocenters. The molecule has 99 heavy (non-hydrogen) atoms. The third kappa shape index (κ3) is 21.7. The van der Waals surface area contributed by atoms with Crippen molar-refractivity contribution in [2.45, 2.75) is 49.0 Å². The van der Waals surface area contributed by atoms with Gasteiger partial charge in [-0.25, -0.2) is 0 Å². The van der Waals surface area contributed by atoms with Crippen LogP contribution in [0.3, 0.4) is 0 Å². The number of pyridine rings is 6. The van der Waals surface area contributed by atoms with E-state index in [2.05, 4.69) is 117 Å². The molecule has 0 fully saturated rings. The number of aliphatic hydroxyl groups excluding tert-OH is 2. The van der Waals surface area contributed by atoms with Crippen molar-refractivity contribution in [2.24, 2.45) is 0 Å². The summed E-state index contributed by atoms with van der Waals surface area (Å²) in [6.45, 7) is 12.1. The van der Waals surface area contributed by atoms with Gasteiger partial charge in [0.05, 0.1) is 11.3 Å². The Morgan fingerprint density at radius 2 is 0.636 bits per heavy atom. The fourth-order valence-corrected chi connectivity index (χ4v) is 10.2. The number of para-hydroxylation sites is 3. The van der Waals surface area contributed by atoms with Crippen molar-refractivity contribution in [2.75, 3.05) is 14.2 Å². The number of nitrogens with zero attached hydrogens (tertiary/aromatic N) is 6. The summed E-state index contributed by atoms with van der Waals surface area (Å²) in [7, 11) is 2.00. The van der Waals surface area contributed by atoms with Gasteiger partial charge in [0.15, 0.2) is 0 Å². The zero-order valence-electron chi connectivity index (χ0n) is 55.7. The molecule has 16 rings (SSSR count). The number of aryl methyl sites for hydroxylation is 6. The Kier molecular flexibility index (Phi) is 31.5. The number of furan rings is 2. The minimum absolute atomic E-state index is 0. The van der Waals surface area contributed by atoms with Gasteiger partial charge < -0.3 is 44.0 Å². The van der Waals surface area contributed by atoms with Gasteiger partial charge in [-0.05, 0) is 136 Å². The van der Waals surface area contributed by atoms with Crippen molar-refractivity contribution >= 4 is 43.9 Å². The van der Waals surface area contributed by atoms with Crippen LogP contribution >= 0.6 is 0 Å². The monoisotopic (exact) mass is 1660 g/mol. The normalized spacial score (nSPS) is 9.88. The van der Waals surface area contributed by atoms with E-state index in [4.69, 9.17) is 19.0 Å². The first-order valence-electron chi connectivity index (χ1n) is 31.2. The van der Waals surface area contributed by atoms with E-state index in [0.717, 1.165) is 148 Å².